The predicted molar refractivity (Wildman–Crippen MR) is 74.7 cm³/mol. The Morgan fingerprint density at radius 2 is 1.35 bits per heavy atom. The van der Waals surface area contributed by atoms with E-state index in [4.69, 9.17) is 0 Å². The minimum atomic E-state index is -0.162. The fraction of sp³-hybridized carbons (Fsp3) is 0.625. The zero-order chi connectivity index (χ0) is 13.4. The maximum Gasteiger partial charge on any atom is 0.0522 e. The average Bonchev–Trinajstić information content (AvgIpc) is 2.14. The van der Waals surface area contributed by atoms with Gasteiger partial charge in [0, 0.05) is 5.41 Å². The van der Waals surface area contributed by atoms with Crippen LogP contribution in [0.1, 0.15) is 56.9 Å². The number of hydrogen-bond acceptors (Lipinski definition) is 1. The van der Waals surface area contributed by atoms with Crippen molar-refractivity contribution in [1.29, 1.82) is 0 Å². The monoisotopic (exact) mass is 234 g/mol. The number of rotatable bonds is 2. The van der Waals surface area contributed by atoms with Gasteiger partial charge < -0.3 is 5.11 Å². The molecule has 0 fully saturated rings. The maximum atomic E-state index is 9.53. The first-order valence-electron chi connectivity index (χ1n) is 6.32. The third-order valence-corrected chi connectivity index (χ3v) is 3.47. The van der Waals surface area contributed by atoms with E-state index < -0.39 is 0 Å². The van der Waals surface area contributed by atoms with Gasteiger partial charge in [0.2, 0.25) is 0 Å². The van der Waals surface area contributed by atoms with Gasteiger partial charge in [-0.15, -0.1) is 0 Å². The minimum absolute atomic E-state index is 0.162. The normalized spacial score (nSPS) is 12.9. The lowest BCUT2D eigenvalue weighted by atomic mass is 9.76. The second-order valence-corrected chi connectivity index (χ2v) is 6.78. The van der Waals surface area contributed by atoms with Crippen LogP contribution >= 0.6 is 0 Å². The summed E-state index contributed by atoms with van der Waals surface area (Å²) in [6.07, 6.45) is 0. The lowest BCUT2D eigenvalue weighted by molar-refractivity contribution is 0.217. The molecule has 0 heterocycles. The molecule has 0 aliphatic heterocycles. The molecule has 0 atom stereocenters. The highest BCUT2D eigenvalue weighted by Gasteiger charge is 2.25. The molecule has 1 nitrogen and oxygen atoms in total. The summed E-state index contributed by atoms with van der Waals surface area (Å²) in [4.78, 5) is 0. The van der Waals surface area contributed by atoms with E-state index in [2.05, 4.69) is 60.6 Å². The number of hydrogen-bond donors (Lipinski definition) is 1. The molecular formula is C16H26O. The first-order valence-corrected chi connectivity index (χ1v) is 6.32. The Morgan fingerprint density at radius 1 is 0.941 bits per heavy atom. The van der Waals surface area contributed by atoms with Crippen LogP contribution in [0.25, 0.3) is 0 Å². The fourth-order valence-electron chi connectivity index (χ4n) is 2.54. The van der Waals surface area contributed by atoms with Crippen LogP contribution in [-0.2, 0) is 10.8 Å². The van der Waals surface area contributed by atoms with Gasteiger partial charge in [-0.3, -0.25) is 0 Å². The Kier molecular flexibility index (Phi) is 3.73. The van der Waals surface area contributed by atoms with E-state index in [-0.39, 0.29) is 17.4 Å². The van der Waals surface area contributed by atoms with Gasteiger partial charge in [-0.2, -0.15) is 0 Å². The summed E-state index contributed by atoms with van der Waals surface area (Å²) in [5.41, 5.74) is 5.24. The topological polar surface area (TPSA) is 20.2 Å². The Hall–Kier alpha value is -0.820. The number of benzene rings is 1. The van der Waals surface area contributed by atoms with Crippen molar-refractivity contribution < 1.29 is 5.11 Å². The van der Waals surface area contributed by atoms with Crippen LogP contribution in [0.2, 0.25) is 0 Å². The van der Waals surface area contributed by atoms with Crippen molar-refractivity contribution in [2.45, 2.75) is 59.3 Å². The molecule has 0 unspecified atom stereocenters. The predicted octanol–water partition coefficient (Wildman–Crippen LogP) is 3.87. The number of aryl methyl sites for hydroxylation is 2. The van der Waals surface area contributed by atoms with Crippen LogP contribution in [0.3, 0.4) is 0 Å². The van der Waals surface area contributed by atoms with Crippen LogP contribution in [0.15, 0.2) is 12.1 Å². The van der Waals surface area contributed by atoms with Crippen LogP contribution in [-0.4, -0.2) is 11.7 Å². The van der Waals surface area contributed by atoms with Crippen LogP contribution in [0, 0.1) is 13.8 Å². The van der Waals surface area contributed by atoms with Crippen molar-refractivity contribution in [1.82, 2.24) is 0 Å². The molecule has 96 valence electrons. The van der Waals surface area contributed by atoms with Gasteiger partial charge in [-0.1, -0.05) is 46.8 Å². The molecule has 0 amide bonds. The first-order chi connectivity index (χ1) is 7.59. The fourth-order valence-corrected chi connectivity index (χ4v) is 2.54. The summed E-state index contributed by atoms with van der Waals surface area (Å²) in [6, 6.07) is 4.53. The quantitative estimate of drug-likeness (QED) is 0.823. The summed E-state index contributed by atoms with van der Waals surface area (Å²) >= 11 is 0. The van der Waals surface area contributed by atoms with Crippen molar-refractivity contribution in [3.05, 3.63) is 34.4 Å². The highest BCUT2D eigenvalue weighted by molar-refractivity contribution is 5.44. The third-order valence-electron chi connectivity index (χ3n) is 3.47. The molecule has 0 saturated heterocycles. The molecule has 0 aliphatic carbocycles. The lowest BCUT2D eigenvalue weighted by Gasteiger charge is -2.29. The molecule has 1 N–H and O–H groups in total. The van der Waals surface area contributed by atoms with E-state index in [0.717, 1.165) is 0 Å². The van der Waals surface area contributed by atoms with Gasteiger partial charge in [-0.05, 0) is 41.5 Å². The SMILES string of the molecule is Cc1cc(C(C)(C)C)cc(C)c1C(C)(C)CO. The second kappa shape index (κ2) is 4.45. The summed E-state index contributed by atoms with van der Waals surface area (Å²) in [5.74, 6) is 0. The Bertz CT molecular complexity index is 385. The van der Waals surface area contributed by atoms with E-state index in [9.17, 15) is 5.11 Å². The van der Waals surface area contributed by atoms with Crippen LogP contribution in [0.5, 0.6) is 0 Å². The van der Waals surface area contributed by atoms with Gasteiger partial charge >= 0.3 is 0 Å². The van der Waals surface area contributed by atoms with Crippen LogP contribution < -0.4 is 0 Å². The molecule has 0 radical (unpaired) electrons. The molecule has 0 saturated carbocycles. The molecule has 1 aromatic rings. The molecule has 0 spiro atoms. The van der Waals surface area contributed by atoms with Gasteiger partial charge in [-0.25, -0.2) is 0 Å². The van der Waals surface area contributed by atoms with Crippen LogP contribution in [0.4, 0.5) is 0 Å². The molecular weight excluding hydrogens is 208 g/mol. The highest BCUT2D eigenvalue weighted by Crippen LogP contribution is 2.33. The van der Waals surface area contributed by atoms with Gasteiger partial charge in [0.05, 0.1) is 6.61 Å². The van der Waals surface area contributed by atoms with E-state index in [1.165, 1.54) is 22.3 Å². The molecule has 0 bridgehead atoms. The third kappa shape index (κ3) is 2.90. The lowest BCUT2D eigenvalue weighted by Crippen LogP contribution is -2.25. The first kappa shape index (κ1) is 14.2. The second-order valence-electron chi connectivity index (χ2n) is 6.78. The highest BCUT2D eigenvalue weighted by atomic mass is 16.3. The van der Waals surface area contributed by atoms with E-state index in [1.54, 1.807) is 0 Å². The minimum Gasteiger partial charge on any atom is -0.395 e. The summed E-state index contributed by atoms with van der Waals surface area (Å²) in [6.45, 7) is 15.4. The molecule has 17 heavy (non-hydrogen) atoms. The maximum absolute atomic E-state index is 9.53. The standard InChI is InChI=1S/C16H26O/c1-11-8-13(15(3,4)5)9-12(2)14(11)16(6,7)10-17/h8-9,17H,10H2,1-7H3. The molecule has 1 heteroatoms. The Labute approximate surface area is 106 Å². The van der Waals surface area contributed by atoms with Crippen molar-refractivity contribution in [3.63, 3.8) is 0 Å². The zero-order valence-electron chi connectivity index (χ0n) is 12.3. The zero-order valence-corrected chi connectivity index (χ0v) is 12.3. The summed E-state index contributed by atoms with van der Waals surface area (Å²) in [5, 5.41) is 9.53. The molecule has 1 aromatic carbocycles. The number of aliphatic hydroxyl groups excluding tert-OH is 1. The average molecular weight is 234 g/mol. The molecule has 0 aromatic heterocycles. The smallest absolute Gasteiger partial charge is 0.0522 e. The van der Waals surface area contributed by atoms with Crippen molar-refractivity contribution in [2.75, 3.05) is 6.61 Å². The van der Waals surface area contributed by atoms with Crippen molar-refractivity contribution in [3.8, 4) is 0 Å². The van der Waals surface area contributed by atoms with Crippen molar-refractivity contribution in [2.24, 2.45) is 0 Å². The Balaban J connectivity index is 3.40. The molecule has 0 aliphatic rings. The summed E-state index contributed by atoms with van der Waals surface area (Å²) in [7, 11) is 0. The molecule has 1 rings (SSSR count). The van der Waals surface area contributed by atoms with Gasteiger partial charge in [0.1, 0.15) is 0 Å². The number of aliphatic hydroxyl groups is 1. The van der Waals surface area contributed by atoms with Gasteiger partial charge in [0.15, 0.2) is 0 Å². The van der Waals surface area contributed by atoms with Gasteiger partial charge in [0.25, 0.3) is 0 Å². The van der Waals surface area contributed by atoms with Crippen molar-refractivity contribution >= 4 is 0 Å². The van der Waals surface area contributed by atoms with E-state index >= 15 is 0 Å². The summed E-state index contributed by atoms with van der Waals surface area (Å²) < 4.78 is 0. The van der Waals surface area contributed by atoms with E-state index in [1.807, 2.05) is 0 Å². The Morgan fingerprint density at radius 3 is 1.65 bits per heavy atom. The van der Waals surface area contributed by atoms with E-state index in [0.29, 0.717) is 0 Å². The largest absolute Gasteiger partial charge is 0.395 e.